The van der Waals surface area contributed by atoms with Crippen LogP contribution in [-0.2, 0) is 28.6 Å². The maximum atomic E-state index is 13.0. The van der Waals surface area contributed by atoms with Crippen molar-refractivity contribution in [3.05, 3.63) is 0 Å². The SMILES string of the molecule is CCOC(=O)C(CCC(N)C(=O)OC(C)(C)C)(CC1CCCCC1)C(=O)OCC. The first-order valence-corrected chi connectivity index (χ1v) is 10.9. The van der Waals surface area contributed by atoms with Gasteiger partial charge in [0.05, 0.1) is 13.2 Å². The van der Waals surface area contributed by atoms with E-state index in [4.69, 9.17) is 19.9 Å². The first-order valence-electron chi connectivity index (χ1n) is 10.9. The third kappa shape index (κ3) is 7.96. The van der Waals surface area contributed by atoms with Crippen LogP contribution >= 0.6 is 0 Å². The largest absolute Gasteiger partial charge is 0.465 e. The molecule has 1 atom stereocenters. The zero-order valence-corrected chi connectivity index (χ0v) is 18.8. The maximum Gasteiger partial charge on any atom is 0.323 e. The molecule has 1 saturated carbocycles. The van der Waals surface area contributed by atoms with Crippen LogP contribution < -0.4 is 5.73 Å². The van der Waals surface area contributed by atoms with Gasteiger partial charge in [-0.3, -0.25) is 14.4 Å². The van der Waals surface area contributed by atoms with Crippen LogP contribution in [0.15, 0.2) is 0 Å². The molecule has 0 amide bonds. The molecule has 1 aliphatic carbocycles. The molecule has 168 valence electrons. The molecule has 0 radical (unpaired) electrons. The highest BCUT2D eigenvalue weighted by Gasteiger charge is 2.50. The van der Waals surface area contributed by atoms with Gasteiger partial charge in [0, 0.05) is 0 Å². The molecule has 1 unspecified atom stereocenters. The van der Waals surface area contributed by atoms with Gasteiger partial charge in [-0.1, -0.05) is 32.1 Å². The van der Waals surface area contributed by atoms with Gasteiger partial charge in [-0.2, -0.15) is 0 Å². The predicted molar refractivity (Wildman–Crippen MR) is 110 cm³/mol. The van der Waals surface area contributed by atoms with E-state index in [2.05, 4.69) is 0 Å². The Morgan fingerprint density at radius 1 is 0.966 bits per heavy atom. The van der Waals surface area contributed by atoms with Crippen molar-refractivity contribution in [3.8, 4) is 0 Å². The Labute approximate surface area is 175 Å². The lowest BCUT2D eigenvalue weighted by Crippen LogP contribution is -2.46. The molecular weight excluding hydrogens is 374 g/mol. The smallest absolute Gasteiger partial charge is 0.323 e. The summed E-state index contributed by atoms with van der Waals surface area (Å²) < 4.78 is 15.9. The molecular formula is C22H39NO6. The quantitative estimate of drug-likeness (QED) is 0.332. The average Bonchev–Trinajstić information content (AvgIpc) is 2.64. The van der Waals surface area contributed by atoms with Crippen molar-refractivity contribution < 1.29 is 28.6 Å². The molecule has 0 saturated heterocycles. The van der Waals surface area contributed by atoms with E-state index < -0.39 is 35.0 Å². The minimum absolute atomic E-state index is 0.0988. The van der Waals surface area contributed by atoms with Gasteiger partial charge < -0.3 is 19.9 Å². The third-order valence-electron chi connectivity index (χ3n) is 5.29. The molecule has 0 heterocycles. The number of hydrogen-bond donors (Lipinski definition) is 1. The zero-order valence-electron chi connectivity index (χ0n) is 18.8. The van der Waals surface area contributed by atoms with E-state index in [1.807, 2.05) is 0 Å². The lowest BCUT2D eigenvalue weighted by molar-refractivity contribution is -0.175. The van der Waals surface area contributed by atoms with Crippen LogP contribution in [0.4, 0.5) is 0 Å². The van der Waals surface area contributed by atoms with E-state index in [0.717, 1.165) is 25.7 Å². The monoisotopic (exact) mass is 413 g/mol. The van der Waals surface area contributed by atoms with E-state index in [9.17, 15) is 14.4 Å². The van der Waals surface area contributed by atoms with E-state index in [-0.39, 0.29) is 32.0 Å². The number of hydrogen-bond acceptors (Lipinski definition) is 7. The fourth-order valence-corrected chi connectivity index (χ4v) is 3.88. The minimum atomic E-state index is -1.44. The van der Waals surface area contributed by atoms with Crippen molar-refractivity contribution in [2.24, 2.45) is 17.1 Å². The van der Waals surface area contributed by atoms with E-state index in [0.29, 0.717) is 6.42 Å². The molecule has 2 N–H and O–H groups in total. The number of esters is 3. The molecule has 1 aliphatic rings. The molecule has 0 aromatic rings. The Morgan fingerprint density at radius 2 is 1.48 bits per heavy atom. The van der Waals surface area contributed by atoms with Gasteiger partial charge in [-0.05, 0) is 59.8 Å². The van der Waals surface area contributed by atoms with Crippen molar-refractivity contribution in [1.29, 1.82) is 0 Å². The number of carbonyl (C=O) groups excluding carboxylic acids is 3. The normalized spacial score (nSPS) is 16.8. The molecule has 0 bridgehead atoms. The molecule has 7 heteroatoms. The van der Waals surface area contributed by atoms with Gasteiger partial charge in [0.2, 0.25) is 0 Å². The van der Waals surface area contributed by atoms with Crippen molar-refractivity contribution in [3.63, 3.8) is 0 Å². The molecule has 0 spiro atoms. The second kappa shape index (κ2) is 11.5. The summed E-state index contributed by atoms with van der Waals surface area (Å²) in [5.74, 6) is -1.46. The van der Waals surface area contributed by atoms with Crippen LogP contribution in [0.25, 0.3) is 0 Å². The Kier molecular flexibility index (Phi) is 10.1. The maximum absolute atomic E-state index is 13.0. The molecule has 7 nitrogen and oxygen atoms in total. The Morgan fingerprint density at radius 3 is 1.93 bits per heavy atom. The Bertz CT molecular complexity index is 530. The highest BCUT2D eigenvalue weighted by molar-refractivity contribution is 6.00. The standard InChI is InChI=1S/C22H39NO6/c1-6-27-19(25)22(20(26)28-7-2,15-16-11-9-8-10-12-16)14-13-17(23)18(24)29-21(3,4)5/h16-17H,6-15,23H2,1-5H3. The van der Waals surface area contributed by atoms with Gasteiger partial charge in [-0.15, -0.1) is 0 Å². The topological polar surface area (TPSA) is 105 Å². The summed E-state index contributed by atoms with van der Waals surface area (Å²) in [4.78, 5) is 38.2. The minimum Gasteiger partial charge on any atom is -0.465 e. The number of rotatable bonds is 10. The summed E-state index contributed by atoms with van der Waals surface area (Å²) in [5.41, 5.74) is 3.94. The van der Waals surface area contributed by atoms with Crippen LogP contribution in [0.3, 0.4) is 0 Å². The van der Waals surface area contributed by atoms with Crippen molar-refractivity contribution in [1.82, 2.24) is 0 Å². The Balaban J connectivity index is 3.06. The Hall–Kier alpha value is -1.63. The first-order chi connectivity index (χ1) is 13.6. The summed E-state index contributed by atoms with van der Waals surface area (Å²) in [5, 5.41) is 0. The second-order valence-electron chi connectivity index (χ2n) is 8.91. The van der Waals surface area contributed by atoms with Crippen molar-refractivity contribution >= 4 is 17.9 Å². The summed E-state index contributed by atoms with van der Waals surface area (Å²) in [6.45, 7) is 9.06. The van der Waals surface area contributed by atoms with Gasteiger partial charge >= 0.3 is 17.9 Å². The molecule has 0 aromatic heterocycles. The third-order valence-corrected chi connectivity index (χ3v) is 5.29. The van der Waals surface area contributed by atoms with Crippen molar-refractivity contribution in [2.45, 2.75) is 97.6 Å². The molecule has 1 fully saturated rings. The second-order valence-corrected chi connectivity index (χ2v) is 8.91. The molecule has 1 rings (SSSR count). The lowest BCUT2D eigenvalue weighted by atomic mass is 9.71. The number of nitrogens with two attached hydrogens (primary N) is 1. The summed E-state index contributed by atoms with van der Waals surface area (Å²) in [7, 11) is 0. The molecule has 29 heavy (non-hydrogen) atoms. The van der Waals surface area contributed by atoms with Gasteiger partial charge in [-0.25, -0.2) is 0 Å². The van der Waals surface area contributed by atoms with E-state index in [1.165, 1.54) is 6.42 Å². The zero-order chi connectivity index (χ0) is 22.1. The van der Waals surface area contributed by atoms with Crippen LogP contribution in [0, 0.1) is 11.3 Å². The van der Waals surface area contributed by atoms with Gasteiger partial charge in [0.1, 0.15) is 11.6 Å². The van der Waals surface area contributed by atoms with E-state index in [1.54, 1.807) is 34.6 Å². The number of carbonyl (C=O) groups is 3. The van der Waals surface area contributed by atoms with Crippen LogP contribution in [0.5, 0.6) is 0 Å². The first kappa shape index (κ1) is 25.4. The van der Waals surface area contributed by atoms with Gasteiger partial charge in [0.25, 0.3) is 0 Å². The highest BCUT2D eigenvalue weighted by Crippen LogP contribution is 2.40. The van der Waals surface area contributed by atoms with Crippen LogP contribution in [0.2, 0.25) is 0 Å². The summed E-state index contributed by atoms with van der Waals surface area (Å²) in [6, 6.07) is -0.927. The average molecular weight is 414 g/mol. The molecule has 0 aliphatic heterocycles. The summed E-state index contributed by atoms with van der Waals surface area (Å²) in [6.07, 6.45) is 5.89. The van der Waals surface area contributed by atoms with Crippen LogP contribution in [-0.4, -0.2) is 42.8 Å². The van der Waals surface area contributed by atoms with Gasteiger partial charge in [0.15, 0.2) is 5.41 Å². The fourth-order valence-electron chi connectivity index (χ4n) is 3.88. The van der Waals surface area contributed by atoms with E-state index >= 15 is 0 Å². The van der Waals surface area contributed by atoms with Crippen LogP contribution in [0.1, 0.15) is 86.0 Å². The lowest BCUT2D eigenvalue weighted by Gasteiger charge is -2.34. The summed E-state index contributed by atoms with van der Waals surface area (Å²) >= 11 is 0. The predicted octanol–water partition coefficient (Wildman–Crippen LogP) is 3.52. The number of ether oxygens (including phenoxy) is 3. The molecule has 0 aromatic carbocycles. The van der Waals surface area contributed by atoms with Crippen molar-refractivity contribution in [2.75, 3.05) is 13.2 Å². The highest BCUT2D eigenvalue weighted by atomic mass is 16.6. The fraction of sp³-hybridized carbons (Fsp3) is 0.864.